The van der Waals surface area contributed by atoms with Crippen molar-refractivity contribution in [2.45, 2.75) is 42.9 Å². The molecule has 0 bridgehead atoms. The summed E-state index contributed by atoms with van der Waals surface area (Å²) < 4.78 is 18.0. The summed E-state index contributed by atoms with van der Waals surface area (Å²) in [7, 11) is 1.64. The van der Waals surface area contributed by atoms with Gasteiger partial charge in [0.2, 0.25) is 0 Å². The third-order valence-electron chi connectivity index (χ3n) is 8.55. The first-order valence-corrected chi connectivity index (χ1v) is 12.9. The molecule has 4 aliphatic rings. The Balaban J connectivity index is 1.16. The Morgan fingerprint density at radius 1 is 1.08 bits per heavy atom. The Hall–Kier alpha value is -3.77. The zero-order valence-electron chi connectivity index (χ0n) is 20.7. The Bertz CT molecular complexity index is 1390. The minimum Gasteiger partial charge on any atom is -0.493 e. The van der Waals surface area contributed by atoms with Gasteiger partial charge in [0.1, 0.15) is 12.7 Å². The summed E-state index contributed by atoms with van der Waals surface area (Å²) in [6, 6.07) is 20.7. The van der Waals surface area contributed by atoms with Crippen LogP contribution in [0.15, 0.2) is 72.8 Å². The van der Waals surface area contributed by atoms with Gasteiger partial charge in [-0.3, -0.25) is 0 Å². The van der Waals surface area contributed by atoms with Gasteiger partial charge in [0.05, 0.1) is 18.6 Å². The van der Waals surface area contributed by atoms with Crippen molar-refractivity contribution in [3.8, 4) is 22.6 Å². The number of aliphatic hydroxyl groups excluding tert-OH is 1. The SMILES string of the molecule is COc1ccc2c3c1O[C@@H]1CC(O)C=CC31CCN(C(=O)OCC1c3ccccc3-c3ccccc31)C2. The molecule has 2 aliphatic heterocycles. The first-order chi connectivity index (χ1) is 18.1. The Morgan fingerprint density at radius 3 is 2.54 bits per heavy atom. The van der Waals surface area contributed by atoms with Gasteiger partial charge >= 0.3 is 6.09 Å². The van der Waals surface area contributed by atoms with Gasteiger partial charge in [-0.15, -0.1) is 0 Å². The number of fused-ring (bicyclic) bond motifs is 3. The molecule has 37 heavy (non-hydrogen) atoms. The highest BCUT2D eigenvalue weighted by Crippen LogP contribution is 2.55. The van der Waals surface area contributed by atoms with Crippen LogP contribution >= 0.6 is 0 Å². The van der Waals surface area contributed by atoms with E-state index in [0.717, 1.165) is 16.9 Å². The summed E-state index contributed by atoms with van der Waals surface area (Å²) in [6.07, 6.45) is 4.11. The smallest absolute Gasteiger partial charge is 0.410 e. The molecule has 188 valence electrons. The number of benzene rings is 3. The summed E-state index contributed by atoms with van der Waals surface area (Å²) in [5.41, 5.74) is 6.55. The number of hydrogen-bond donors (Lipinski definition) is 1. The van der Waals surface area contributed by atoms with Crippen molar-refractivity contribution < 1.29 is 24.1 Å². The van der Waals surface area contributed by atoms with Crippen LogP contribution in [0.2, 0.25) is 0 Å². The van der Waals surface area contributed by atoms with E-state index in [4.69, 9.17) is 14.2 Å². The molecule has 0 aromatic heterocycles. The molecule has 0 saturated heterocycles. The molecule has 1 amide bonds. The fourth-order valence-corrected chi connectivity index (χ4v) is 6.78. The van der Waals surface area contributed by atoms with E-state index < -0.39 is 11.5 Å². The van der Waals surface area contributed by atoms with Gasteiger partial charge in [-0.1, -0.05) is 66.7 Å². The second-order valence-corrected chi connectivity index (χ2v) is 10.4. The average Bonchev–Trinajstić information content (AvgIpc) is 3.36. The molecule has 6 heteroatoms. The van der Waals surface area contributed by atoms with E-state index in [1.807, 2.05) is 30.3 Å². The third kappa shape index (κ3) is 3.32. The van der Waals surface area contributed by atoms with E-state index in [1.165, 1.54) is 22.3 Å². The van der Waals surface area contributed by atoms with E-state index in [2.05, 4.69) is 42.5 Å². The molecule has 3 aromatic rings. The predicted molar refractivity (Wildman–Crippen MR) is 139 cm³/mol. The minimum absolute atomic E-state index is 0.0252. The van der Waals surface area contributed by atoms with Crippen LogP contribution in [0, 0.1) is 0 Å². The van der Waals surface area contributed by atoms with Gasteiger partial charge < -0.3 is 24.2 Å². The summed E-state index contributed by atoms with van der Waals surface area (Å²) in [5.74, 6) is 1.44. The van der Waals surface area contributed by atoms with Gasteiger partial charge in [-0.2, -0.15) is 0 Å². The largest absolute Gasteiger partial charge is 0.493 e. The van der Waals surface area contributed by atoms with Gasteiger partial charge in [0, 0.05) is 31.0 Å². The lowest BCUT2D eigenvalue weighted by atomic mass is 9.69. The Labute approximate surface area is 216 Å². The van der Waals surface area contributed by atoms with Crippen molar-refractivity contribution in [3.63, 3.8) is 0 Å². The molecule has 0 saturated carbocycles. The van der Waals surface area contributed by atoms with Crippen molar-refractivity contribution in [2.75, 3.05) is 20.3 Å². The number of hydrogen-bond acceptors (Lipinski definition) is 5. The Morgan fingerprint density at radius 2 is 1.81 bits per heavy atom. The number of amides is 1. The first kappa shape index (κ1) is 22.4. The third-order valence-corrected chi connectivity index (χ3v) is 8.55. The zero-order valence-corrected chi connectivity index (χ0v) is 20.7. The van der Waals surface area contributed by atoms with Crippen LogP contribution in [0.4, 0.5) is 4.79 Å². The molecule has 0 radical (unpaired) electrons. The maximum Gasteiger partial charge on any atom is 0.410 e. The molecular formula is C31H29NO5. The van der Waals surface area contributed by atoms with E-state index in [0.29, 0.717) is 38.3 Å². The van der Waals surface area contributed by atoms with Crippen LogP contribution in [0.3, 0.4) is 0 Å². The quantitative estimate of drug-likeness (QED) is 0.508. The molecular weight excluding hydrogens is 466 g/mol. The van der Waals surface area contributed by atoms with Crippen LogP contribution in [0.5, 0.6) is 11.5 Å². The number of rotatable bonds is 3. The van der Waals surface area contributed by atoms with Crippen LogP contribution in [-0.2, 0) is 16.7 Å². The highest BCUT2D eigenvalue weighted by Gasteiger charge is 2.53. The molecule has 1 N–H and O–H groups in total. The summed E-state index contributed by atoms with van der Waals surface area (Å²) in [6.45, 7) is 1.28. The lowest BCUT2D eigenvalue weighted by Gasteiger charge is -2.35. The van der Waals surface area contributed by atoms with Gasteiger partial charge in [-0.05, 0) is 40.3 Å². The molecule has 3 aromatic carbocycles. The normalized spacial score (nSPS) is 24.9. The molecule has 2 heterocycles. The fourth-order valence-electron chi connectivity index (χ4n) is 6.78. The summed E-state index contributed by atoms with van der Waals surface area (Å²) in [4.78, 5) is 15.3. The maximum absolute atomic E-state index is 13.5. The van der Waals surface area contributed by atoms with E-state index in [1.54, 1.807) is 12.0 Å². The molecule has 2 unspecified atom stereocenters. The van der Waals surface area contributed by atoms with Crippen molar-refractivity contribution in [1.29, 1.82) is 0 Å². The maximum atomic E-state index is 13.5. The number of nitrogens with zero attached hydrogens (tertiary/aromatic N) is 1. The van der Waals surface area contributed by atoms with Crippen molar-refractivity contribution in [3.05, 3.63) is 95.1 Å². The Kier molecular flexibility index (Phi) is 5.08. The van der Waals surface area contributed by atoms with Crippen molar-refractivity contribution in [1.82, 2.24) is 4.90 Å². The molecule has 6 nitrogen and oxygen atoms in total. The number of methoxy groups -OCH3 is 1. The molecule has 0 fully saturated rings. The van der Waals surface area contributed by atoms with Crippen molar-refractivity contribution >= 4 is 6.09 Å². The van der Waals surface area contributed by atoms with E-state index >= 15 is 0 Å². The molecule has 3 atom stereocenters. The number of carbonyl (C=O) groups is 1. The number of ether oxygens (including phenoxy) is 3. The standard InChI is InChI=1S/C31H29NO5/c1-35-26-11-10-19-17-32(15-14-31-13-12-20(33)16-27(31)37-29(26)28(19)31)30(34)36-18-25-23-8-4-2-6-21(23)22-7-3-5-9-24(22)25/h2-13,20,25,27,33H,14-18H2,1H3/t20?,27-,31?/m1/s1. The van der Waals surface area contributed by atoms with Crippen LogP contribution in [-0.4, -0.2) is 48.6 Å². The topological polar surface area (TPSA) is 68.2 Å². The van der Waals surface area contributed by atoms with E-state index in [9.17, 15) is 9.90 Å². The average molecular weight is 496 g/mol. The van der Waals surface area contributed by atoms with Crippen molar-refractivity contribution in [2.24, 2.45) is 0 Å². The monoisotopic (exact) mass is 495 g/mol. The van der Waals surface area contributed by atoms with Crippen LogP contribution in [0.25, 0.3) is 11.1 Å². The first-order valence-electron chi connectivity index (χ1n) is 12.9. The molecule has 2 aliphatic carbocycles. The minimum atomic E-state index is -0.541. The predicted octanol–water partition coefficient (Wildman–Crippen LogP) is 5.17. The fraction of sp³-hybridized carbons (Fsp3) is 0.323. The lowest BCUT2D eigenvalue weighted by Crippen LogP contribution is -2.43. The number of carbonyl (C=O) groups excluding carboxylic acids is 1. The summed E-state index contributed by atoms with van der Waals surface area (Å²) in [5, 5.41) is 10.3. The van der Waals surface area contributed by atoms with Crippen LogP contribution < -0.4 is 9.47 Å². The van der Waals surface area contributed by atoms with Gasteiger partial charge in [0.25, 0.3) is 0 Å². The highest BCUT2D eigenvalue weighted by atomic mass is 16.6. The highest BCUT2D eigenvalue weighted by molar-refractivity contribution is 5.79. The van der Waals surface area contributed by atoms with Crippen LogP contribution in [0.1, 0.15) is 41.0 Å². The summed E-state index contributed by atoms with van der Waals surface area (Å²) >= 11 is 0. The lowest BCUT2D eigenvalue weighted by molar-refractivity contribution is 0.0740. The van der Waals surface area contributed by atoms with E-state index in [-0.39, 0.29) is 18.1 Å². The second-order valence-electron chi connectivity index (χ2n) is 10.4. The zero-order chi connectivity index (χ0) is 25.1. The van der Waals surface area contributed by atoms with Gasteiger partial charge in [-0.25, -0.2) is 4.79 Å². The molecule has 7 rings (SSSR count). The van der Waals surface area contributed by atoms with Gasteiger partial charge in [0.15, 0.2) is 11.5 Å². The number of aliphatic hydroxyl groups is 1. The second kappa shape index (κ2) is 8.38. The molecule has 1 spiro atoms.